The van der Waals surface area contributed by atoms with Gasteiger partial charge in [0, 0.05) is 19.3 Å². The van der Waals surface area contributed by atoms with Gasteiger partial charge in [0.15, 0.2) is 5.82 Å². The molecular weight excluding hydrogens is 416 g/mol. The number of hydrogen-bond acceptors (Lipinski definition) is 6. The van der Waals surface area contributed by atoms with Gasteiger partial charge < -0.3 is 15.3 Å². The number of nitrogens with zero attached hydrogens (tertiary/aromatic N) is 5. The summed E-state index contributed by atoms with van der Waals surface area (Å²) in [4.78, 5) is 24.1. The highest BCUT2D eigenvalue weighted by molar-refractivity contribution is 6.05. The van der Waals surface area contributed by atoms with Crippen molar-refractivity contribution in [3.05, 3.63) is 59.7 Å². The van der Waals surface area contributed by atoms with Gasteiger partial charge in [-0.1, -0.05) is 6.07 Å². The maximum absolute atomic E-state index is 12.9. The molecule has 1 aliphatic heterocycles. The van der Waals surface area contributed by atoms with Crippen LogP contribution >= 0.6 is 0 Å². The molecule has 1 amide bonds. The van der Waals surface area contributed by atoms with E-state index in [-0.39, 0.29) is 5.91 Å². The zero-order chi connectivity index (χ0) is 23.6. The summed E-state index contributed by atoms with van der Waals surface area (Å²) >= 11 is 0. The molecular formula is C25H32N6O2. The van der Waals surface area contributed by atoms with Gasteiger partial charge in [0.2, 0.25) is 0 Å². The fraction of sp³-hybridized carbons (Fsp3) is 0.440. The maximum atomic E-state index is 12.9. The second-order valence-electron chi connectivity index (χ2n) is 9.51. The topological polar surface area (TPSA) is 96.2 Å². The Balaban J connectivity index is 1.41. The van der Waals surface area contributed by atoms with Crippen LogP contribution in [0.15, 0.2) is 42.9 Å². The summed E-state index contributed by atoms with van der Waals surface area (Å²) in [5.74, 6) is 1.93. The molecule has 1 fully saturated rings. The van der Waals surface area contributed by atoms with Crippen LogP contribution in [-0.2, 0) is 0 Å². The Bertz CT molecular complexity index is 1110. The fourth-order valence-electron chi connectivity index (χ4n) is 4.56. The molecule has 0 radical (unpaired) electrons. The lowest BCUT2D eigenvalue weighted by Crippen LogP contribution is -2.37. The van der Waals surface area contributed by atoms with Crippen molar-refractivity contribution in [3.8, 4) is 5.82 Å². The van der Waals surface area contributed by atoms with Crippen molar-refractivity contribution >= 4 is 17.4 Å². The number of pyridine rings is 2. The van der Waals surface area contributed by atoms with E-state index in [9.17, 15) is 9.90 Å². The number of aliphatic hydroxyl groups is 1. The minimum absolute atomic E-state index is 0.226. The van der Waals surface area contributed by atoms with Crippen molar-refractivity contribution in [2.75, 3.05) is 23.3 Å². The molecule has 174 valence electrons. The minimum atomic E-state index is -0.618. The molecule has 1 aliphatic rings. The fourth-order valence-corrected chi connectivity index (χ4v) is 4.56. The Kier molecular flexibility index (Phi) is 6.47. The minimum Gasteiger partial charge on any atom is -0.390 e. The van der Waals surface area contributed by atoms with E-state index in [4.69, 9.17) is 0 Å². The highest BCUT2D eigenvalue weighted by Gasteiger charge is 2.26. The van der Waals surface area contributed by atoms with Crippen LogP contribution in [0.5, 0.6) is 0 Å². The molecule has 0 spiro atoms. The summed E-state index contributed by atoms with van der Waals surface area (Å²) in [5.41, 5.74) is 2.28. The van der Waals surface area contributed by atoms with Crippen LogP contribution < -0.4 is 10.2 Å². The molecule has 0 atom stereocenters. The standard InChI is InChI=1S/C25H32N6O2/c1-17-13-20(15-27-23(17)30-11-8-19(9-12-30)14-25(3,4)33)29-24(32)21-16-28-31(18(21)2)22-7-5-6-10-26-22/h5-7,10,13,15-16,19,33H,8-9,11-12,14H2,1-4H3,(H,29,32). The lowest BCUT2D eigenvalue weighted by atomic mass is 9.86. The van der Waals surface area contributed by atoms with Crippen LogP contribution in [0.1, 0.15) is 54.7 Å². The van der Waals surface area contributed by atoms with Gasteiger partial charge in [0.05, 0.1) is 34.9 Å². The number of piperidine rings is 1. The number of aromatic nitrogens is 4. The van der Waals surface area contributed by atoms with Gasteiger partial charge in [0.25, 0.3) is 5.91 Å². The Morgan fingerprint density at radius 2 is 1.94 bits per heavy atom. The third-order valence-electron chi connectivity index (χ3n) is 6.13. The molecule has 0 unspecified atom stereocenters. The van der Waals surface area contributed by atoms with Crippen molar-refractivity contribution < 1.29 is 9.90 Å². The van der Waals surface area contributed by atoms with Crippen LogP contribution in [0.25, 0.3) is 5.82 Å². The average Bonchev–Trinajstić information content (AvgIpc) is 3.15. The molecule has 8 nitrogen and oxygen atoms in total. The van der Waals surface area contributed by atoms with E-state index in [0.717, 1.165) is 49.4 Å². The van der Waals surface area contributed by atoms with Crippen molar-refractivity contribution in [3.63, 3.8) is 0 Å². The average molecular weight is 449 g/mol. The van der Waals surface area contributed by atoms with Gasteiger partial charge in [-0.3, -0.25) is 4.79 Å². The lowest BCUT2D eigenvalue weighted by Gasteiger charge is -2.35. The molecule has 4 rings (SSSR count). The van der Waals surface area contributed by atoms with E-state index in [1.54, 1.807) is 23.3 Å². The Labute approximate surface area is 194 Å². The largest absolute Gasteiger partial charge is 0.390 e. The molecule has 4 heterocycles. The zero-order valence-corrected chi connectivity index (χ0v) is 19.7. The number of nitrogens with one attached hydrogen (secondary N) is 1. The Morgan fingerprint density at radius 1 is 1.18 bits per heavy atom. The summed E-state index contributed by atoms with van der Waals surface area (Å²) in [5, 5.41) is 17.4. The van der Waals surface area contributed by atoms with Crippen molar-refractivity contribution in [2.24, 2.45) is 5.92 Å². The monoisotopic (exact) mass is 448 g/mol. The van der Waals surface area contributed by atoms with E-state index >= 15 is 0 Å². The van der Waals surface area contributed by atoms with Crippen LogP contribution in [-0.4, -0.2) is 49.5 Å². The normalized spacial score (nSPS) is 15.0. The van der Waals surface area contributed by atoms with Gasteiger partial charge >= 0.3 is 0 Å². The number of carbonyl (C=O) groups is 1. The number of anilines is 2. The lowest BCUT2D eigenvalue weighted by molar-refractivity contribution is 0.0482. The summed E-state index contributed by atoms with van der Waals surface area (Å²) < 4.78 is 1.66. The predicted octanol–water partition coefficient (Wildman–Crippen LogP) is 3.91. The van der Waals surface area contributed by atoms with Gasteiger partial charge in [-0.2, -0.15) is 5.10 Å². The van der Waals surface area contributed by atoms with Gasteiger partial charge in [-0.05, 0) is 76.6 Å². The first-order valence-electron chi connectivity index (χ1n) is 11.4. The maximum Gasteiger partial charge on any atom is 0.259 e. The van der Waals surface area contributed by atoms with E-state index in [1.807, 2.05) is 52.0 Å². The summed E-state index contributed by atoms with van der Waals surface area (Å²) in [6, 6.07) is 7.53. The van der Waals surface area contributed by atoms with E-state index in [0.29, 0.717) is 23.0 Å². The molecule has 0 saturated carbocycles. The molecule has 2 N–H and O–H groups in total. The van der Waals surface area contributed by atoms with Crippen LogP contribution in [0, 0.1) is 19.8 Å². The SMILES string of the molecule is Cc1cc(NC(=O)c2cnn(-c3ccccn3)c2C)cnc1N1CCC(CC(C)(C)O)CC1. The quantitative estimate of drug-likeness (QED) is 0.594. The van der Waals surface area contributed by atoms with E-state index < -0.39 is 5.60 Å². The van der Waals surface area contributed by atoms with Crippen LogP contribution in [0.4, 0.5) is 11.5 Å². The number of carbonyl (C=O) groups excluding carboxylic acids is 1. The van der Waals surface area contributed by atoms with Gasteiger partial charge in [0.1, 0.15) is 5.82 Å². The second kappa shape index (κ2) is 9.31. The first-order valence-corrected chi connectivity index (χ1v) is 11.4. The molecule has 0 bridgehead atoms. The van der Waals surface area contributed by atoms with E-state index in [1.165, 1.54) is 0 Å². The van der Waals surface area contributed by atoms with E-state index in [2.05, 4.69) is 25.3 Å². The third-order valence-corrected chi connectivity index (χ3v) is 6.13. The Morgan fingerprint density at radius 3 is 2.58 bits per heavy atom. The summed E-state index contributed by atoms with van der Waals surface area (Å²) in [7, 11) is 0. The summed E-state index contributed by atoms with van der Waals surface area (Å²) in [6.45, 7) is 9.47. The molecule has 0 aromatic carbocycles. The highest BCUT2D eigenvalue weighted by Crippen LogP contribution is 2.30. The zero-order valence-electron chi connectivity index (χ0n) is 19.7. The van der Waals surface area contributed by atoms with Crippen molar-refractivity contribution in [2.45, 2.75) is 52.6 Å². The molecule has 1 saturated heterocycles. The van der Waals surface area contributed by atoms with Crippen molar-refractivity contribution in [1.82, 2.24) is 19.7 Å². The predicted molar refractivity (Wildman–Crippen MR) is 129 cm³/mol. The number of hydrogen-bond donors (Lipinski definition) is 2. The molecule has 8 heteroatoms. The van der Waals surface area contributed by atoms with Gasteiger partial charge in [-0.15, -0.1) is 0 Å². The Hall–Kier alpha value is -3.26. The summed E-state index contributed by atoms with van der Waals surface area (Å²) in [6.07, 6.45) is 7.89. The van der Waals surface area contributed by atoms with Crippen LogP contribution in [0.2, 0.25) is 0 Å². The highest BCUT2D eigenvalue weighted by atomic mass is 16.3. The first-order chi connectivity index (χ1) is 15.7. The molecule has 0 aliphatic carbocycles. The van der Waals surface area contributed by atoms with Crippen molar-refractivity contribution in [1.29, 1.82) is 0 Å². The van der Waals surface area contributed by atoms with Gasteiger partial charge in [-0.25, -0.2) is 14.6 Å². The van der Waals surface area contributed by atoms with Crippen LogP contribution in [0.3, 0.4) is 0 Å². The smallest absolute Gasteiger partial charge is 0.259 e. The number of amides is 1. The first kappa shape index (κ1) is 22.9. The second-order valence-corrected chi connectivity index (χ2v) is 9.51. The molecule has 3 aromatic heterocycles. The molecule has 33 heavy (non-hydrogen) atoms. The number of aryl methyl sites for hydroxylation is 1. The molecule has 3 aromatic rings. The third kappa shape index (κ3) is 5.39. The number of rotatable bonds is 6.